The number of para-hydroxylation sites is 1. The van der Waals surface area contributed by atoms with Crippen LogP contribution in [0.4, 0.5) is 0 Å². The first-order valence-corrected chi connectivity index (χ1v) is 8.65. The Labute approximate surface area is 161 Å². The quantitative estimate of drug-likeness (QED) is 0.665. The van der Waals surface area contributed by atoms with Crippen LogP contribution >= 0.6 is 0 Å². The molecule has 7 nitrogen and oxygen atoms in total. The lowest BCUT2D eigenvalue weighted by atomic mass is 10.0. The summed E-state index contributed by atoms with van der Waals surface area (Å²) in [7, 11) is 0. The minimum absolute atomic E-state index is 0.0634. The van der Waals surface area contributed by atoms with Crippen molar-refractivity contribution in [2.45, 2.75) is 20.3 Å². The zero-order valence-electron chi connectivity index (χ0n) is 15.5. The highest BCUT2D eigenvalue weighted by molar-refractivity contribution is 5.90. The number of amides is 2. The van der Waals surface area contributed by atoms with Crippen molar-refractivity contribution in [1.82, 2.24) is 10.9 Å². The van der Waals surface area contributed by atoms with E-state index >= 15 is 0 Å². The number of hydrogen-bond donors (Lipinski definition) is 2. The van der Waals surface area contributed by atoms with Gasteiger partial charge in [-0.25, -0.2) is 0 Å². The molecule has 0 unspecified atom stereocenters. The van der Waals surface area contributed by atoms with Gasteiger partial charge in [0.15, 0.2) is 6.61 Å². The van der Waals surface area contributed by atoms with Crippen LogP contribution in [0, 0.1) is 25.2 Å². The summed E-state index contributed by atoms with van der Waals surface area (Å²) in [6.45, 7) is 3.64. The van der Waals surface area contributed by atoms with Gasteiger partial charge in [-0.3, -0.25) is 20.4 Å². The van der Waals surface area contributed by atoms with Gasteiger partial charge in [-0.05, 0) is 37.1 Å². The van der Waals surface area contributed by atoms with Crippen molar-refractivity contribution >= 4 is 22.8 Å². The van der Waals surface area contributed by atoms with Gasteiger partial charge < -0.3 is 9.15 Å². The predicted octanol–water partition coefficient (Wildman–Crippen LogP) is 2.69. The smallest absolute Gasteiger partial charge is 0.276 e. The number of furan rings is 1. The number of nitrogens with zero attached hydrogens (tertiary/aromatic N) is 1. The second kappa shape index (κ2) is 8.27. The van der Waals surface area contributed by atoms with Gasteiger partial charge >= 0.3 is 0 Å². The highest BCUT2D eigenvalue weighted by Crippen LogP contribution is 2.26. The van der Waals surface area contributed by atoms with Crippen molar-refractivity contribution in [2.24, 2.45) is 0 Å². The third-order valence-corrected chi connectivity index (χ3v) is 4.40. The number of benzene rings is 2. The molecule has 0 fully saturated rings. The molecule has 3 aromatic rings. The SMILES string of the molecule is Cc1ccc2c(CC(=O)NNC(=O)COc3ccccc3C#N)coc2c1C. The highest BCUT2D eigenvalue weighted by Gasteiger charge is 2.13. The van der Waals surface area contributed by atoms with E-state index in [9.17, 15) is 9.59 Å². The fourth-order valence-corrected chi connectivity index (χ4v) is 2.75. The largest absolute Gasteiger partial charge is 0.482 e. The lowest BCUT2D eigenvalue weighted by molar-refractivity contribution is -0.129. The Hall–Kier alpha value is -3.79. The molecule has 7 heteroatoms. The zero-order chi connectivity index (χ0) is 20.1. The average Bonchev–Trinajstić information content (AvgIpc) is 3.11. The molecule has 142 valence electrons. The Kier molecular flexibility index (Phi) is 5.61. The minimum Gasteiger partial charge on any atom is -0.482 e. The molecule has 0 bridgehead atoms. The van der Waals surface area contributed by atoms with Crippen LogP contribution in [0.3, 0.4) is 0 Å². The molecule has 0 aliphatic carbocycles. The number of hydrazine groups is 1. The van der Waals surface area contributed by atoms with Crippen molar-refractivity contribution in [2.75, 3.05) is 6.61 Å². The van der Waals surface area contributed by atoms with Crippen LogP contribution in [-0.2, 0) is 16.0 Å². The third kappa shape index (κ3) is 4.13. The Morgan fingerprint density at radius 2 is 1.86 bits per heavy atom. The van der Waals surface area contributed by atoms with E-state index in [-0.39, 0.29) is 18.9 Å². The maximum atomic E-state index is 12.1. The van der Waals surface area contributed by atoms with Gasteiger partial charge in [0.25, 0.3) is 5.91 Å². The van der Waals surface area contributed by atoms with Gasteiger partial charge in [0.2, 0.25) is 5.91 Å². The average molecular weight is 377 g/mol. The van der Waals surface area contributed by atoms with E-state index in [0.717, 1.165) is 27.7 Å². The van der Waals surface area contributed by atoms with Crippen LogP contribution in [0.15, 0.2) is 47.1 Å². The van der Waals surface area contributed by atoms with Gasteiger partial charge in [-0.1, -0.05) is 24.3 Å². The molecular weight excluding hydrogens is 358 g/mol. The fourth-order valence-electron chi connectivity index (χ4n) is 2.75. The summed E-state index contributed by atoms with van der Waals surface area (Å²) in [5.41, 5.74) is 8.62. The van der Waals surface area contributed by atoms with Crippen molar-refractivity contribution in [3.05, 3.63) is 64.9 Å². The number of carbonyl (C=O) groups excluding carboxylic acids is 2. The van der Waals surface area contributed by atoms with Gasteiger partial charge in [0, 0.05) is 10.9 Å². The molecule has 0 saturated carbocycles. The molecule has 2 N–H and O–H groups in total. The molecule has 2 amide bonds. The molecule has 1 heterocycles. The summed E-state index contributed by atoms with van der Waals surface area (Å²) in [4.78, 5) is 24.0. The number of carbonyl (C=O) groups is 2. The van der Waals surface area contributed by atoms with Gasteiger partial charge in [0.05, 0.1) is 18.2 Å². The molecule has 0 spiro atoms. The van der Waals surface area contributed by atoms with E-state index in [1.54, 1.807) is 30.5 Å². The summed E-state index contributed by atoms with van der Waals surface area (Å²) in [5.74, 6) is -0.613. The van der Waals surface area contributed by atoms with Crippen molar-refractivity contribution in [3.63, 3.8) is 0 Å². The van der Waals surface area contributed by atoms with Gasteiger partial charge in [-0.15, -0.1) is 0 Å². The Bertz CT molecular complexity index is 1080. The van der Waals surface area contributed by atoms with E-state index in [2.05, 4.69) is 10.9 Å². The fraction of sp³-hybridized carbons (Fsp3) is 0.190. The number of aryl methyl sites for hydroxylation is 2. The monoisotopic (exact) mass is 377 g/mol. The Morgan fingerprint density at radius 3 is 2.64 bits per heavy atom. The molecule has 0 aliphatic heterocycles. The Morgan fingerprint density at radius 1 is 1.11 bits per heavy atom. The second-order valence-corrected chi connectivity index (χ2v) is 6.31. The van der Waals surface area contributed by atoms with E-state index in [1.807, 2.05) is 32.0 Å². The molecule has 0 atom stereocenters. The Balaban J connectivity index is 1.53. The van der Waals surface area contributed by atoms with E-state index < -0.39 is 5.91 Å². The predicted molar refractivity (Wildman–Crippen MR) is 102 cm³/mol. The topological polar surface area (TPSA) is 104 Å². The summed E-state index contributed by atoms with van der Waals surface area (Å²) < 4.78 is 10.9. The standard InChI is InChI=1S/C21H19N3O4/c1-13-7-8-17-16(11-28-21(17)14(13)2)9-19(25)23-24-20(26)12-27-18-6-4-3-5-15(18)10-22/h3-8,11H,9,12H2,1-2H3,(H,23,25)(H,24,26). The number of hydrogen-bond acceptors (Lipinski definition) is 5. The van der Waals surface area contributed by atoms with Crippen molar-refractivity contribution < 1.29 is 18.7 Å². The first-order valence-electron chi connectivity index (χ1n) is 8.65. The maximum absolute atomic E-state index is 12.1. The van der Waals surface area contributed by atoms with E-state index in [0.29, 0.717) is 11.3 Å². The second-order valence-electron chi connectivity index (χ2n) is 6.31. The van der Waals surface area contributed by atoms with E-state index in [4.69, 9.17) is 14.4 Å². The van der Waals surface area contributed by atoms with Crippen molar-refractivity contribution in [3.8, 4) is 11.8 Å². The number of ether oxygens (including phenoxy) is 1. The molecule has 28 heavy (non-hydrogen) atoms. The first-order chi connectivity index (χ1) is 13.5. The summed E-state index contributed by atoms with van der Waals surface area (Å²) in [6.07, 6.45) is 1.62. The third-order valence-electron chi connectivity index (χ3n) is 4.40. The van der Waals surface area contributed by atoms with Crippen LogP contribution in [-0.4, -0.2) is 18.4 Å². The molecular formula is C21H19N3O4. The molecule has 0 aliphatic rings. The molecule has 1 aromatic heterocycles. The molecule has 3 rings (SSSR count). The van der Waals surface area contributed by atoms with Gasteiger partial charge in [-0.2, -0.15) is 5.26 Å². The molecule has 0 radical (unpaired) electrons. The van der Waals surface area contributed by atoms with Gasteiger partial charge in [0.1, 0.15) is 17.4 Å². The van der Waals surface area contributed by atoms with E-state index in [1.165, 1.54) is 0 Å². The normalized spacial score (nSPS) is 10.3. The lowest BCUT2D eigenvalue weighted by Crippen LogP contribution is -2.44. The van der Waals surface area contributed by atoms with Crippen LogP contribution in [0.25, 0.3) is 11.0 Å². The zero-order valence-corrected chi connectivity index (χ0v) is 15.5. The summed E-state index contributed by atoms with van der Waals surface area (Å²) >= 11 is 0. The molecule has 0 saturated heterocycles. The number of nitriles is 1. The molecule has 2 aromatic carbocycles. The number of rotatable bonds is 5. The summed E-state index contributed by atoms with van der Waals surface area (Å²) in [5, 5.41) is 9.87. The van der Waals surface area contributed by atoms with Crippen molar-refractivity contribution in [1.29, 1.82) is 5.26 Å². The van der Waals surface area contributed by atoms with Crippen LogP contribution in [0.2, 0.25) is 0 Å². The van der Waals surface area contributed by atoms with Crippen LogP contribution in [0.5, 0.6) is 5.75 Å². The highest BCUT2D eigenvalue weighted by atomic mass is 16.5. The first kappa shape index (κ1) is 19.0. The van der Waals surface area contributed by atoms with Crippen LogP contribution < -0.4 is 15.6 Å². The number of nitrogens with one attached hydrogen (secondary N) is 2. The maximum Gasteiger partial charge on any atom is 0.276 e. The summed E-state index contributed by atoms with van der Waals surface area (Å²) in [6, 6.07) is 12.5. The van der Waals surface area contributed by atoms with Crippen LogP contribution in [0.1, 0.15) is 22.3 Å². The minimum atomic E-state index is -0.537. The lowest BCUT2D eigenvalue weighted by Gasteiger charge is -2.09. The number of fused-ring (bicyclic) bond motifs is 1.